The minimum absolute atomic E-state index is 0.806. The second-order valence-corrected chi connectivity index (χ2v) is 3.57. The molecule has 2 saturated heterocycles. The van der Waals surface area contributed by atoms with Crippen molar-refractivity contribution in [3.8, 4) is 0 Å². The molecule has 58 valence electrons. The van der Waals surface area contributed by atoms with E-state index < -0.39 is 0 Å². The van der Waals surface area contributed by atoms with E-state index in [-0.39, 0.29) is 0 Å². The second-order valence-electron chi connectivity index (χ2n) is 3.57. The highest BCUT2D eigenvalue weighted by atomic mass is 15.0. The summed E-state index contributed by atoms with van der Waals surface area (Å²) in [6, 6.07) is 1.63. The summed E-state index contributed by atoms with van der Waals surface area (Å²) in [6.45, 7) is 1.25. The van der Waals surface area contributed by atoms with Gasteiger partial charge in [-0.25, -0.2) is 0 Å². The lowest BCUT2D eigenvalue weighted by atomic mass is 9.78. The molecule has 0 amide bonds. The Kier molecular flexibility index (Phi) is 1.66. The number of hydrogen-bond donors (Lipinski definition) is 2. The molecule has 3 unspecified atom stereocenters. The van der Waals surface area contributed by atoms with Gasteiger partial charge in [-0.05, 0) is 38.8 Å². The van der Waals surface area contributed by atoms with Crippen LogP contribution in [0.25, 0.3) is 0 Å². The summed E-state index contributed by atoms with van der Waals surface area (Å²) in [7, 11) is 2.09. The lowest BCUT2D eigenvalue weighted by Crippen LogP contribution is -2.55. The summed E-state index contributed by atoms with van der Waals surface area (Å²) in [4.78, 5) is 0. The topological polar surface area (TPSA) is 24.1 Å². The van der Waals surface area contributed by atoms with Gasteiger partial charge in [-0.1, -0.05) is 0 Å². The second kappa shape index (κ2) is 2.51. The standard InChI is InChI=1S/C8H16N2/c1-9-8-4-7-3-2-6(8)5-10-7/h6-10H,2-5H2,1H3. The van der Waals surface area contributed by atoms with Crippen molar-refractivity contribution in [2.75, 3.05) is 13.6 Å². The molecular formula is C8H16N2. The summed E-state index contributed by atoms with van der Waals surface area (Å²) in [5, 5.41) is 6.94. The summed E-state index contributed by atoms with van der Waals surface area (Å²) in [5.41, 5.74) is 0. The average molecular weight is 140 g/mol. The molecule has 2 heteroatoms. The van der Waals surface area contributed by atoms with E-state index in [1.807, 2.05) is 0 Å². The third-order valence-electron chi connectivity index (χ3n) is 3.03. The van der Waals surface area contributed by atoms with E-state index in [1.54, 1.807) is 0 Å². The average Bonchev–Trinajstić information content (AvgIpc) is 2.06. The molecule has 0 aromatic carbocycles. The third kappa shape index (κ3) is 0.956. The van der Waals surface area contributed by atoms with Crippen molar-refractivity contribution >= 4 is 0 Å². The third-order valence-corrected chi connectivity index (χ3v) is 3.03. The molecule has 2 bridgehead atoms. The number of nitrogens with one attached hydrogen (secondary N) is 2. The Morgan fingerprint density at radius 1 is 1.40 bits per heavy atom. The van der Waals surface area contributed by atoms with Crippen molar-refractivity contribution in [3.05, 3.63) is 0 Å². The van der Waals surface area contributed by atoms with Gasteiger partial charge in [0.1, 0.15) is 0 Å². The zero-order chi connectivity index (χ0) is 6.97. The molecule has 0 aromatic heterocycles. The lowest BCUT2D eigenvalue weighted by Gasteiger charge is -2.43. The van der Waals surface area contributed by atoms with E-state index >= 15 is 0 Å². The van der Waals surface area contributed by atoms with Gasteiger partial charge in [-0.15, -0.1) is 0 Å². The van der Waals surface area contributed by atoms with Gasteiger partial charge < -0.3 is 10.6 Å². The molecule has 2 aliphatic heterocycles. The Morgan fingerprint density at radius 2 is 2.30 bits per heavy atom. The van der Waals surface area contributed by atoms with Crippen LogP contribution in [0.1, 0.15) is 19.3 Å². The van der Waals surface area contributed by atoms with Crippen LogP contribution < -0.4 is 10.6 Å². The van der Waals surface area contributed by atoms with Gasteiger partial charge >= 0.3 is 0 Å². The molecule has 1 saturated carbocycles. The highest BCUT2D eigenvalue weighted by molar-refractivity contribution is 4.93. The van der Waals surface area contributed by atoms with Gasteiger partial charge in [0.25, 0.3) is 0 Å². The molecular weight excluding hydrogens is 124 g/mol. The van der Waals surface area contributed by atoms with Crippen molar-refractivity contribution < 1.29 is 0 Å². The summed E-state index contributed by atoms with van der Waals surface area (Å²) in [6.07, 6.45) is 4.19. The number of rotatable bonds is 1. The van der Waals surface area contributed by atoms with Crippen LogP contribution in [0, 0.1) is 5.92 Å². The first kappa shape index (κ1) is 6.62. The minimum atomic E-state index is 0.806. The zero-order valence-electron chi connectivity index (χ0n) is 6.56. The first-order valence-electron chi connectivity index (χ1n) is 4.31. The van der Waals surface area contributed by atoms with Crippen LogP contribution in [0.3, 0.4) is 0 Å². The monoisotopic (exact) mass is 140 g/mol. The Hall–Kier alpha value is -0.0800. The zero-order valence-corrected chi connectivity index (χ0v) is 6.56. The van der Waals surface area contributed by atoms with Crippen molar-refractivity contribution in [3.63, 3.8) is 0 Å². The molecule has 3 aliphatic rings. The van der Waals surface area contributed by atoms with E-state index in [2.05, 4.69) is 17.7 Å². The van der Waals surface area contributed by atoms with Gasteiger partial charge in [0, 0.05) is 12.1 Å². The van der Waals surface area contributed by atoms with Crippen LogP contribution in [0.4, 0.5) is 0 Å². The molecule has 3 fully saturated rings. The summed E-state index contributed by atoms with van der Waals surface area (Å²) < 4.78 is 0. The van der Waals surface area contributed by atoms with Crippen LogP contribution in [-0.2, 0) is 0 Å². The Bertz CT molecular complexity index is 116. The minimum Gasteiger partial charge on any atom is -0.317 e. The van der Waals surface area contributed by atoms with Gasteiger partial charge in [0.2, 0.25) is 0 Å². The van der Waals surface area contributed by atoms with E-state index in [4.69, 9.17) is 0 Å². The highest BCUT2D eigenvalue weighted by Gasteiger charge is 2.33. The maximum Gasteiger partial charge on any atom is 0.0119 e. The molecule has 2 nitrogen and oxygen atoms in total. The molecule has 0 aromatic rings. The van der Waals surface area contributed by atoms with Crippen molar-refractivity contribution in [1.29, 1.82) is 0 Å². The fourth-order valence-electron chi connectivity index (χ4n) is 2.33. The van der Waals surface area contributed by atoms with E-state index in [9.17, 15) is 0 Å². The van der Waals surface area contributed by atoms with Gasteiger partial charge in [-0.2, -0.15) is 0 Å². The quantitative estimate of drug-likeness (QED) is 0.549. The van der Waals surface area contributed by atoms with E-state index in [0.717, 1.165) is 18.0 Å². The maximum atomic E-state index is 3.54. The van der Waals surface area contributed by atoms with Crippen LogP contribution in [-0.4, -0.2) is 25.7 Å². The normalized spacial score (nSPS) is 45.9. The van der Waals surface area contributed by atoms with Gasteiger partial charge in [0.05, 0.1) is 0 Å². The van der Waals surface area contributed by atoms with Crippen LogP contribution in [0.2, 0.25) is 0 Å². The first-order chi connectivity index (χ1) is 4.90. The molecule has 3 rings (SSSR count). The Morgan fingerprint density at radius 3 is 2.60 bits per heavy atom. The van der Waals surface area contributed by atoms with Crippen molar-refractivity contribution in [2.24, 2.45) is 5.92 Å². The summed E-state index contributed by atoms with van der Waals surface area (Å²) >= 11 is 0. The van der Waals surface area contributed by atoms with Crippen molar-refractivity contribution in [2.45, 2.75) is 31.3 Å². The number of hydrogen-bond acceptors (Lipinski definition) is 2. The van der Waals surface area contributed by atoms with E-state index in [1.165, 1.54) is 25.8 Å². The predicted octanol–water partition coefficient (Wildman–Crippen LogP) is 0.346. The Balaban J connectivity index is 2.01. The largest absolute Gasteiger partial charge is 0.317 e. The van der Waals surface area contributed by atoms with Crippen LogP contribution in [0.5, 0.6) is 0 Å². The number of fused-ring (bicyclic) bond motifs is 3. The smallest absolute Gasteiger partial charge is 0.0119 e. The molecule has 2 heterocycles. The molecule has 3 atom stereocenters. The molecule has 1 aliphatic carbocycles. The molecule has 0 spiro atoms. The molecule has 0 radical (unpaired) electrons. The lowest BCUT2D eigenvalue weighted by molar-refractivity contribution is 0.163. The fraction of sp³-hybridized carbons (Fsp3) is 1.00. The van der Waals surface area contributed by atoms with Crippen molar-refractivity contribution in [1.82, 2.24) is 10.6 Å². The molecule has 10 heavy (non-hydrogen) atoms. The van der Waals surface area contributed by atoms with Gasteiger partial charge in [0.15, 0.2) is 0 Å². The molecule has 2 N–H and O–H groups in total. The Labute approximate surface area is 62.4 Å². The first-order valence-corrected chi connectivity index (χ1v) is 4.31. The SMILES string of the molecule is CNC1CC2CCC1CN2. The number of piperidine rings is 2. The van der Waals surface area contributed by atoms with Gasteiger partial charge in [-0.3, -0.25) is 0 Å². The van der Waals surface area contributed by atoms with Crippen LogP contribution >= 0.6 is 0 Å². The summed E-state index contributed by atoms with van der Waals surface area (Å²) in [5.74, 6) is 0.912. The predicted molar refractivity (Wildman–Crippen MR) is 42.0 cm³/mol. The maximum absolute atomic E-state index is 3.54. The highest BCUT2D eigenvalue weighted by Crippen LogP contribution is 2.28. The fourth-order valence-corrected chi connectivity index (χ4v) is 2.33. The van der Waals surface area contributed by atoms with E-state index in [0.29, 0.717) is 0 Å². The van der Waals surface area contributed by atoms with Crippen LogP contribution in [0.15, 0.2) is 0 Å².